The summed E-state index contributed by atoms with van der Waals surface area (Å²) in [6.07, 6.45) is 3.84. The molecular formula is C17H24O7. The number of carbonyl (C=O) groups is 5. The Kier molecular flexibility index (Phi) is 8.29. The summed E-state index contributed by atoms with van der Waals surface area (Å²) in [5, 5.41) is 0. The molecule has 0 amide bonds. The fourth-order valence-electron chi connectivity index (χ4n) is 2.93. The molecule has 1 aliphatic carbocycles. The third-order valence-electron chi connectivity index (χ3n) is 4.29. The summed E-state index contributed by atoms with van der Waals surface area (Å²) in [6, 6.07) is 0. The van der Waals surface area contributed by atoms with E-state index in [0.717, 1.165) is 32.6 Å². The monoisotopic (exact) mass is 340 g/mol. The molecule has 0 spiro atoms. The summed E-state index contributed by atoms with van der Waals surface area (Å²) < 4.78 is 9.52. The van der Waals surface area contributed by atoms with Gasteiger partial charge < -0.3 is 14.3 Å². The van der Waals surface area contributed by atoms with Gasteiger partial charge in [-0.1, -0.05) is 19.3 Å². The van der Waals surface area contributed by atoms with Crippen LogP contribution in [0.25, 0.3) is 0 Å². The Morgan fingerprint density at radius 1 is 1.17 bits per heavy atom. The first-order valence-electron chi connectivity index (χ1n) is 8.17. The van der Waals surface area contributed by atoms with Crippen LogP contribution in [0.5, 0.6) is 0 Å². The van der Waals surface area contributed by atoms with Crippen molar-refractivity contribution in [3.63, 3.8) is 0 Å². The fourth-order valence-corrected chi connectivity index (χ4v) is 2.93. The van der Waals surface area contributed by atoms with Crippen LogP contribution < -0.4 is 0 Å². The van der Waals surface area contributed by atoms with Crippen molar-refractivity contribution < 1.29 is 33.4 Å². The number of carbonyl (C=O) groups excluding carboxylic acids is 5. The average molecular weight is 340 g/mol. The van der Waals surface area contributed by atoms with E-state index in [1.165, 1.54) is 7.11 Å². The second-order valence-electron chi connectivity index (χ2n) is 6.02. The second kappa shape index (κ2) is 9.95. The number of esters is 2. The third-order valence-corrected chi connectivity index (χ3v) is 4.29. The molecule has 0 aromatic rings. The average Bonchev–Trinajstić information content (AvgIpc) is 2.84. The number of ketones is 2. The molecule has 1 saturated carbocycles. The Bertz CT molecular complexity index is 497. The highest BCUT2D eigenvalue weighted by atomic mass is 16.5. The van der Waals surface area contributed by atoms with E-state index < -0.39 is 29.7 Å². The maximum absolute atomic E-state index is 12.1. The van der Waals surface area contributed by atoms with Crippen molar-refractivity contribution in [1.82, 2.24) is 0 Å². The molecule has 1 aliphatic rings. The van der Waals surface area contributed by atoms with Gasteiger partial charge in [-0.05, 0) is 12.8 Å². The highest BCUT2D eigenvalue weighted by molar-refractivity contribution is 6.32. The molecule has 1 rings (SSSR count). The van der Waals surface area contributed by atoms with E-state index in [1.54, 1.807) is 0 Å². The van der Waals surface area contributed by atoms with Crippen molar-refractivity contribution in [1.29, 1.82) is 0 Å². The van der Waals surface area contributed by atoms with Crippen molar-refractivity contribution in [3.8, 4) is 0 Å². The summed E-state index contributed by atoms with van der Waals surface area (Å²) in [6.45, 7) is 1.08. The smallest absolute Gasteiger partial charge is 0.374 e. The fraction of sp³-hybridized carbons (Fsp3) is 0.706. The van der Waals surface area contributed by atoms with Crippen molar-refractivity contribution in [2.75, 3.05) is 7.11 Å². The van der Waals surface area contributed by atoms with Crippen molar-refractivity contribution in [2.24, 2.45) is 11.8 Å². The molecule has 0 saturated heterocycles. The lowest BCUT2D eigenvalue weighted by Gasteiger charge is -2.18. The molecule has 1 fully saturated rings. The summed E-state index contributed by atoms with van der Waals surface area (Å²) >= 11 is 0. The third kappa shape index (κ3) is 5.86. The summed E-state index contributed by atoms with van der Waals surface area (Å²) in [5.74, 6) is -3.26. The Morgan fingerprint density at radius 2 is 1.83 bits per heavy atom. The molecule has 7 nitrogen and oxygen atoms in total. The van der Waals surface area contributed by atoms with Crippen LogP contribution in [0, 0.1) is 11.8 Å². The predicted molar refractivity (Wildman–Crippen MR) is 82.9 cm³/mol. The van der Waals surface area contributed by atoms with Gasteiger partial charge in [0.05, 0.1) is 13.0 Å². The molecule has 0 radical (unpaired) electrons. The maximum atomic E-state index is 12.1. The largest absolute Gasteiger partial charge is 0.469 e. The van der Waals surface area contributed by atoms with Gasteiger partial charge in [-0.3, -0.25) is 14.4 Å². The quantitative estimate of drug-likeness (QED) is 0.256. The van der Waals surface area contributed by atoms with Gasteiger partial charge in [-0.2, -0.15) is 0 Å². The number of rotatable bonds is 10. The van der Waals surface area contributed by atoms with Crippen molar-refractivity contribution >= 4 is 29.8 Å². The molecule has 0 N–H and O–H groups in total. The van der Waals surface area contributed by atoms with E-state index in [4.69, 9.17) is 4.74 Å². The maximum Gasteiger partial charge on any atom is 0.374 e. The minimum atomic E-state index is -1.01. The van der Waals surface area contributed by atoms with Gasteiger partial charge in [0, 0.05) is 25.7 Å². The Labute approximate surface area is 141 Å². The van der Waals surface area contributed by atoms with Gasteiger partial charge in [0.1, 0.15) is 18.2 Å². The van der Waals surface area contributed by atoms with E-state index in [9.17, 15) is 24.0 Å². The van der Waals surface area contributed by atoms with Gasteiger partial charge in [0.25, 0.3) is 0 Å². The highest BCUT2D eigenvalue weighted by Gasteiger charge is 2.44. The molecule has 0 aromatic carbocycles. The first-order valence-corrected chi connectivity index (χ1v) is 8.17. The number of Topliss-reactive ketones (excluding diaryl/α,β-unsaturated/α-hetero) is 2. The lowest BCUT2D eigenvalue weighted by Crippen LogP contribution is -2.29. The number of ether oxygens (including phenoxy) is 2. The van der Waals surface area contributed by atoms with Gasteiger partial charge in [-0.25, -0.2) is 4.79 Å². The molecular weight excluding hydrogens is 316 g/mol. The summed E-state index contributed by atoms with van der Waals surface area (Å²) in [7, 11) is 1.35. The number of unbranched alkanes of at least 4 members (excludes halogenated alkanes) is 3. The minimum Gasteiger partial charge on any atom is -0.469 e. The Hall–Kier alpha value is -2.05. The molecule has 0 aromatic heterocycles. The van der Waals surface area contributed by atoms with Crippen LogP contribution >= 0.6 is 0 Å². The summed E-state index contributed by atoms with van der Waals surface area (Å²) in [5.41, 5.74) is 0. The highest BCUT2D eigenvalue weighted by Crippen LogP contribution is 2.34. The first kappa shape index (κ1) is 20.0. The van der Waals surface area contributed by atoms with Crippen LogP contribution in [-0.2, 0) is 33.4 Å². The van der Waals surface area contributed by atoms with Gasteiger partial charge >= 0.3 is 11.9 Å². The number of methoxy groups -OCH3 is 1. The number of hydrogen-bond donors (Lipinski definition) is 0. The SMILES string of the molecule is COC(=O)CCCCCC[C@@H]1C(=O)C[C@H](OC(=O)C(C)=O)[C@H]1C=O. The van der Waals surface area contributed by atoms with Crippen LogP contribution in [0.1, 0.15) is 51.9 Å². The molecule has 0 heterocycles. The summed E-state index contributed by atoms with van der Waals surface area (Å²) in [4.78, 5) is 56.6. The van der Waals surface area contributed by atoms with Gasteiger partial charge in [0.2, 0.25) is 5.78 Å². The second-order valence-corrected chi connectivity index (χ2v) is 6.02. The zero-order chi connectivity index (χ0) is 18.1. The van der Waals surface area contributed by atoms with Crippen LogP contribution in [0.3, 0.4) is 0 Å². The Morgan fingerprint density at radius 3 is 2.42 bits per heavy atom. The van der Waals surface area contributed by atoms with E-state index in [0.29, 0.717) is 19.1 Å². The Balaban J connectivity index is 2.40. The minimum absolute atomic E-state index is 0.0184. The van der Waals surface area contributed by atoms with Gasteiger partial charge in [-0.15, -0.1) is 0 Å². The van der Waals surface area contributed by atoms with Crippen LogP contribution in [0.2, 0.25) is 0 Å². The molecule has 7 heteroatoms. The lowest BCUT2D eigenvalue weighted by atomic mass is 9.90. The zero-order valence-electron chi connectivity index (χ0n) is 14.1. The number of hydrogen-bond acceptors (Lipinski definition) is 7. The first-order chi connectivity index (χ1) is 11.4. The molecule has 0 unspecified atom stereocenters. The van der Waals surface area contributed by atoms with Crippen molar-refractivity contribution in [2.45, 2.75) is 58.0 Å². The van der Waals surface area contributed by atoms with Crippen LogP contribution in [-0.4, -0.2) is 43.0 Å². The predicted octanol–water partition coefficient (Wildman–Crippen LogP) is 1.40. The van der Waals surface area contributed by atoms with E-state index in [-0.39, 0.29) is 18.2 Å². The van der Waals surface area contributed by atoms with Gasteiger partial charge in [0.15, 0.2) is 0 Å². The van der Waals surface area contributed by atoms with E-state index in [1.807, 2.05) is 0 Å². The van der Waals surface area contributed by atoms with Crippen LogP contribution in [0.15, 0.2) is 0 Å². The van der Waals surface area contributed by atoms with Crippen molar-refractivity contribution in [3.05, 3.63) is 0 Å². The number of aldehydes is 1. The van der Waals surface area contributed by atoms with E-state index >= 15 is 0 Å². The topological polar surface area (TPSA) is 104 Å². The lowest BCUT2D eigenvalue weighted by molar-refractivity contribution is -0.159. The molecule has 0 bridgehead atoms. The molecule has 3 atom stereocenters. The normalized spacial score (nSPS) is 22.9. The molecule has 24 heavy (non-hydrogen) atoms. The van der Waals surface area contributed by atoms with Crippen LogP contribution in [0.4, 0.5) is 0 Å². The van der Waals surface area contributed by atoms with E-state index in [2.05, 4.69) is 4.74 Å². The molecule has 0 aliphatic heterocycles. The standard InChI is InChI=1S/C17H24O7/c1-11(19)17(22)24-15-9-14(20)12(13(15)10-18)7-5-3-4-6-8-16(21)23-2/h10,12-13,15H,3-9H2,1-2H3/t12-,13-,15-/m0/s1. The zero-order valence-corrected chi connectivity index (χ0v) is 14.1. The molecule has 134 valence electrons.